The van der Waals surface area contributed by atoms with E-state index in [9.17, 15) is 26.4 Å². The predicted molar refractivity (Wildman–Crippen MR) is 107 cm³/mol. The normalized spacial score (nSPS) is 16.1. The Balaban J connectivity index is 1.59. The van der Waals surface area contributed by atoms with E-state index in [1.54, 1.807) is 31.4 Å². The molecule has 2 aromatic carbocycles. The van der Waals surface area contributed by atoms with Gasteiger partial charge < -0.3 is 15.0 Å². The molecule has 0 atom stereocenters. The Kier molecular flexibility index (Phi) is 6.87. The lowest BCUT2D eigenvalue weighted by Crippen LogP contribution is -3.15. The van der Waals surface area contributed by atoms with E-state index in [-0.39, 0.29) is 25.5 Å². The minimum atomic E-state index is -4.77. The van der Waals surface area contributed by atoms with Crippen molar-refractivity contribution in [2.45, 2.75) is 11.1 Å². The summed E-state index contributed by atoms with van der Waals surface area (Å²) in [6.07, 6.45) is -4.77. The van der Waals surface area contributed by atoms with Crippen LogP contribution in [0.4, 0.5) is 18.9 Å². The summed E-state index contributed by atoms with van der Waals surface area (Å²) in [6, 6.07) is 11.0. The molecule has 0 aliphatic carbocycles. The Morgan fingerprint density at radius 2 is 1.71 bits per heavy atom. The monoisotopic (exact) mass is 458 g/mol. The molecule has 2 N–H and O–H groups in total. The third-order valence-corrected chi connectivity index (χ3v) is 6.98. The van der Waals surface area contributed by atoms with Gasteiger partial charge in [0.2, 0.25) is 10.0 Å². The molecule has 11 heteroatoms. The van der Waals surface area contributed by atoms with Crippen molar-refractivity contribution in [2.75, 3.05) is 45.2 Å². The number of amides is 1. The van der Waals surface area contributed by atoms with Crippen molar-refractivity contribution in [2.24, 2.45) is 0 Å². The van der Waals surface area contributed by atoms with E-state index in [2.05, 4.69) is 5.32 Å². The molecule has 168 valence electrons. The minimum Gasteiger partial charge on any atom is -0.497 e. The highest BCUT2D eigenvalue weighted by atomic mass is 32.2. The lowest BCUT2D eigenvalue weighted by Gasteiger charge is -2.31. The lowest BCUT2D eigenvalue weighted by atomic mass is 10.2. The number of sulfonamides is 1. The maximum absolute atomic E-state index is 13.2. The summed E-state index contributed by atoms with van der Waals surface area (Å²) in [5.41, 5.74) is -0.571. The lowest BCUT2D eigenvalue weighted by molar-refractivity contribution is -0.895. The van der Waals surface area contributed by atoms with Crippen LogP contribution in [0.5, 0.6) is 5.75 Å². The summed E-state index contributed by atoms with van der Waals surface area (Å²) in [5.74, 6) is 0.423. The maximum Gasteiger partial charge on any atom is 0.417 e. The number of hydrogen-bond donors (Lipinski definition) is 2. The molecule has 0 unspecified atom stereocenters. The highest BCUT2D eigenvalue weighted by molar-refractivity contribution is 7.89. The van der Waals surface area contributed by atoms with Gasteiger partial charge in [0.1, 0.15) is 5.75 Å². The van der Waals surface area contributed by atoms with E-state index in [0.29, 0.717) is 24.5 Å². The number of ether oxygens (including phenoxy) is 1. The van der Waals surface area contributed by atoms with Crippen LogP contribution in [0.3, 0.4) is 0 Å². The Morgan fingerprint density at radius 1 is 1.10 bits per heavy atom. The smallest absolute Gasteiger partial charge is 0.417 e. The molecule has 1 heterocycles. The quantitative estimate of drug-likeness (QED) is 0.683. The molecule has 0 aromatic heterocycles. The van der Waals surface area contributed by atoms with Crippen LogP contribution in [-0.4, -0.2) is 58.5 Å². The molecule has 31 heavy (non-hydrogen) atoms. The summed E-state index contributed by atoms with van der Waals surface area (Å²) in [5, 5.41) is 2.76. The number of quaternary nitrogens is 1. The molecule has 2 aromatic rings. The van der Waals surface area contributed by atoms with E-state index in [1.807, 2.05) is 0 Å². The number of carbonyl (C=O) groups is 1. The molecule has 1 amide bonds. The van der Waals surface area contributed by atoms with Crippen molar-refractivity contribution in [3.05, 3.63) is 54.1 Å². The minimum absolute atomic E-state index is 0.0275. The molecular formula is C20H23F3N3O4S+. The van der Waals surface area contributed by atoms with Gasteiger partial charge in [-0.3, -0.25) is 4.79 Å². The molecule has 0 radical (unpaired) electrons. The summed E-state index contributed by atoms with van der Waals surface area (Å²) in [6.45, 7) is 0.797. The first-order chi connectivity index (χ1) is 14.6. The van der Waals surface area contributed by atoms with Crippen LogP contribution < -0.4 is 15.0 Å². The Bertz CT molecular complexity index is 1020. The van der Waals surface area contributed by atoms with Gasteiger partial charge in [0, 0.05) is 5.69 Å². The molecule has 1 saturated heterocycles. The largest absolute Gasteiger partial charge is 0.497 e. The number of methoxy groups -OCH3 is 1. The van der Waals surface area contributed by atoms with Gasteiger partial charge in [-0.2, -0.15) is 17.5 Å². The van der Waals surface area contributed by atoms with Crippen LogP contribution in [0, 0.1) is 0 Å². The van der Waals surface area contributed by atoms with Gasteiger partial charge in [0.15, 0.2) is 6.54 Å². The molecule has 3 rings (SSSR count). The van der Waals surface area contributed by atoms with E-state index < -0.39 is 26.7 Å². The van der Waals surface area contributed by atoms with Crippen LogP contribution in [0.25, 0.3) is 0 Å². The first-order valence-corrected chi connectivity index (χ1v) is 11.0. The van der Waals surface area contributed by atoms with Gasteiger partial charge >= 0.3 is 6.18 Å². The number of rotatable bonds is 6. The fraction of sp³-hybridized carbons (Fsp3) is 0.350. The highest BCUT2D eigenvalue weighted by Gasteiger charge is 2.40. The average Bonchev–Trinajstić information content (AvgIpc) is 2.74. The second-order valence-electron chi connectivity index (χ2n) is 7.10. The number of halogens is 3. The first kappa shape index (κ1) is 23.0. The number of carbonyl (C=O) groups excluding carboxylic acids is 1. The number of hydrogen-bond acceptors (Lipinski definition) is 4. The summed E-state index contributed by atoms with van der Waals surface area (Å²) >= 11 is 0. The van der Waals surface area contributed by atoms with E-state index in [0.717, 1.165) is 27.4 Å². The van der Waals surface area contributed by atoms with E-state index in [1.165, 1.54) is 6.07 Å². The summed E-state index contributed by atoms with van der Waals surface area (Å²) in [4.78, 5) is 12.4. The van der Waals surface area contributed by atoms with Crippen LogP contribution in [0.2, 0.25) is 0 Å². The fourth-order valence-electron chi connectivity index (χ4n) is 3.39. The SMILES string of the molecule is COc1ccc(NC(=O)C[NH+]2CCN(S(=O)(=O)c3ccccc3C(F)(F)F)CC2)cc1. The molecular weight excluding hydrogens is 435 g/mol. The topological polar surface area (TPSA) is 80.2 Å². The van der Waals surface area contributed by atoms with Crippen LogP contribution in [-0.2, 0) is 21.0 Å². The van der Waals surface area contributed by atoms with Crippen molar-refractivity contribution >= 4 is 21.6 Å². The maximum atomic E-state index is 13.2. The number of benzene rings is 2. The zero-order valence-electron chi connectivity index (χ0n) is 16.8. The van der Waals surface area contributed by atoms with E-state index >= 15 is 0 Å². The van der Waals surface area contributed by atoms with Crippen LogP contribution >= 0.6 is 0 Å². The van der Waals surface area contributed by atoms with Gasteiger partial charge in [-0.05, 0) is 36.4 Å². The van der Waals surface area contributed by atoms with E-state index in [4.69, 9.17) is 4.74 Å². The Morgan fingerprint density at radius 3 is 2.29 bits per heavy atom. The third-order valence-electron chi connectivity index (χ3n) is 5.02. The number of piperazine rings is 1. The van der Waals surface area contributed by atoms with Gasteiger partial charge in [0.05, 0.1) is 43.7 Å². The first-order valence-electron chi connectivity index (χ1n) is 9.55. The third kappa shape index (κ3) is 5.54. The summed E-state index contributed by atoms with van der Waals surface area (Å²) in [7, 11) is -2.76. The highest BCUT2D eigenvalue weighted by Crippen LogP contribution is 2.35. The van der Waals surface area contributed by atoms with Crippen molar-refractivity contribution < 1.29 is 36.0 Å². The Hall–Kier alpha value is -2.63. The second kappa shape index (κ2) is 9.25. The zero-order chi connectivity index (χ0) is 22.6. The molecule has 7 nitrogen and oxygen atoms in total. The van der Waals surface area contributed by atoms with Crippen molar-refractivity contribution in [3.63, 3.8) is 0 Å². The molecule has 0 bridgehead atoms. The van der Waals surface area contributed by atoms with Gasteiger partial charge in [-0.15, -0.1) is 0 Å². The Labute approximate surface area is 178 Å². The van der Waals surface area contributed by atoms with Gasteiger partial charge in [0.25, 0.3) is 5.91 Å². The van der Waals surface area contributed by atoms with Crippen molar-refractivity contribution in [1.29, 1.82) is 0 Å². The number of anilines is 1. The number of nitrogens with zero attached hydrogens (tertiary/aromatic N) is 1. The van der Waals surface area contributed by atoms with Gasteiger partial charge in [-0.25, -0.2) is 8.42 Å². The zero-order valence-corrected chi connectivity index (χ0v) is 17.6. The predicted octanol–water partition coefficient (Wildman–Crippen LogP) is 1.24. The fourth-order valence-corrected chi connectivity index (χ4v) is 5.04. The molecule has 1 aliphatic rings. The molecule has 1 aliphatic heterocycles. The van der Waals surface area contributed by atoms with Crippen LogP contribution in [0.15, 0.2) is 53.4 Å². The number of alkyl halides is 3. The average molecular weight is 458 g/mol. The van der Waals surface area contributed by atoms with Crippen molar-refractivity contribution in [1.82, 2.24) is 4.31 Å². The molecule has 1 fully saturated rings. The number of nitrogens with one attached hydrogen (secondary N) is 2. The van der Waals surface area contributed by atoms with Crippen LogP contribution in [0.1, 0.15) is 5.56 Å². The van der Waals surface area contributed by atoms with Gasteiger partial charge in [-0.1, -0.05) is 12.1 Å². The molecule has 0 spiro atoms. The summed E-state index contributed by atoms with van der Waals surface area (Å²) < 4.78 is 71.4. The standard InChI is InChI=1S/C20H22F3N3O4S/c1-30-16-8-6-15(7-9-16)24-19(27)14-25-10-12-26(13-11-25)31(28,29)18-5-3-2-4-17(18)20(21,22)23/h2-9H,10-14H2,1H3,(H,24,27)/p+1. The van der Waals surface area contributed by atoms with Crippen molar-refractivity contribution in [3.8, 4) is 5.75 Å². The second-order valence-corrected chi connectivity index (χ2v) is 9.01. The molecule has 0 saturated carbocycles.